The zero-order chi connectivity index (χ0) is 15.0. The molecule has 108 valence electrons. The number of benzene rings is 1. The zero-order valence-electron chi connectivity index (χ0n) is 12.6. The van der Waals surface area contributed by atoms with Crippen molar-refractivity contribution in [3.8, 4) is 11.3 Å². The van der Waals surface area contributed by atoms with E-state index in [9.17, 15) is 0 Å². The molecule has 0 spiro atoms. The Labute approximate surface area is 130 Å². The Hall–Kier alpha value is -1.80. The number of aryl methyl sites for hydroxylation is 1. The number of allylic oxidation sites excluding steroid dienone is 3. The van der Waals surface area contributed by atoms with Crippen molar-refractivity contribution in [3.63, 3.8) is 0 Å². The Morgan fingerprint density at radius 2 is 2.00 bits per heavy atom. The maximum Gasteiger partial charge on any atom is 0.0769 e. The second-order valence-electron chi connectivity index (χ2n) is 5.53. The lowest BCUT2D eigenvalue weighted by molar-refractivity contribution is 0.652. The summed E-state index contributed by atoms with van der Waals surface area (Å²) in [5, 5.41) is 5.54. The maximum atomic E-state index is 6.73. The summed E-state index contributed by atoms with van der Waals surface area (Å²) in [5.41, 5.74) is 5.65. The molecule has 1 heterocycles. The van der Waals surface area contributed by atoms with E-state index in [1.807, 2.05) is 36.9 Å². The van der Waals surface area contributed by atoms with Crippen LogP contribution < -0.4 is 0 Å². The van der Waals surface area contributed by atoms with Gasteiger partial charge in [0.1, 0.15) is 0 Å². The molecule has 1 atom stereocenters. The number of hydrogen-bond donors (Lipinski definition) is 0. The molecule has 2 nitrogen and oxygen atoms in total. The number of fused-ring (bicyclic) bond motifs is 1. The van der Waals surface area contributed by atoms with Crippen molar-refractivity contribution in [2.75, 3.05) is 0 Å². The average molecular weight is 299 g/mol. The van der Waals surface area contributed by atoms with Crippen LogP contribution in [0.2, 0.25) is 0 Å². The fraction of sp³-hybridized carbons (Fsp3) is 0.278. The van der Waals surface area contributed by atoms with Gasteiger partial charge in [-0.05, 0) is 24.8 Å². The molecule has 0 saturated carbocycles. The zero-order valence-corrected chi connectivity index (χ0v) is 13.4. The van der Waals surface area contributed by atoms with Crippen molar-refractivity contribution in [3.05, 3.63) is 59.3 Å². The highest BCUT2D eigenvalue weighted by Crippen LogP contribution is 2.42. The van der Waals surface area contributed by atoms with E-state index in [2.05, 4.69) is 31.2 Å². The summed E-state index contributed by atoms with van der Waals surface area (Å²) in [7, 11) is 1.99. The van der Waals surface area contributed by atoms with Crippen molar-refractivity contribution < 1.29 is 0 Å². The van der Waals surface area contributed by atoms with Crippen LogP contribution in [0.15, 0.2) is 48.1 Å². The molecule has 0 unspecified atom stereocenters. The van der Waals surface area contributed by atoms with E-state index in [-0.39, 0.29) is 0 Å². The van der Waals surface area contributed by atoms with Crippen LogP contribution in [0.25, 0.3) is 16.3 Å². The molecule has 0 N–H and O–H groups in total. The van der Waals surface area contributed by atoms with E-state index >= 15 is 0 Å². The van der Waals surface area contributed by atoms with Crippen LogP contribution in [0, 0.1) is 5.92 Å². The van der Waals surface area contributed by atoms with Crippen LogP contribution in [0.1, 0.15) is 25.1 Å². The summed E-state index contributed by atoms with van der Waals surface area (Å²) in [6.45, 7) is 4.23. The Balaban J connectivity index is 2.26. The normalized spacial score (nSPS) is 18.4. The minimum atomic E-state index is 0.403. The molecule has 3 rings (SSSR count). The average Bonchev–Trinajstić information content (AvgIpc) is 2.80. The van der Waals surface area contributed by atoms with Gasteiger partial charge < -0.3 is 0 Å². The molecular formula is C18H19ClN2. The number of halogens is 1. The van der Waals surface area contributed by atoms with E-state index in [0.29, 0.717) is 5.92 Å². The first-order valence-corrected chi connectivity index (χ1v) is 7.65. The van der Waals surface area contributed by atoms with Gasteiger partial charge in [-0.25, -0.2) is 0 Å². The number of hydrogen-bond acceptors (Lipinski definition) is 1. The molecule has 0 amide bonds. The van der Waals surface area contributed by atoms with Gasteiger partial charge in [-0.1, -0.05) is 61.0 Å². The largest absolute Gasteiger partial charge is 0.267 e. The second kappa shape index (κ2) is 5.53. The Bertz CT molecular complexity index is 723. The molecule has 21 heavy (non-hydrogen) atoms. The Kier molecular flexibility index (Phi) is 3.73. The summed E-state index contributed by atoms with van der Waals surface area (Å²) in [6, 6.07) is 10.3. The number of nitrogens with zero attached hydrogens (tertiary/aromatic N) is 2. The number of rotatable bonds is 2. The van der Waals surface area contributed by atoms with Gasteiger partial charge in [-0.15, -0.1) is 0 Å². The minimum Gasteiger partial charge on any atom is -0.267 e. The fourth-order valence-electron chi connectivity index (χ4n) is 3.06. The van der Waals surface area contributed by atoms with Gasteiger partial charge in [0.2, 0.25) is 0 Å². The summed E-state index contributed by atoms with van der Waals surface area (Å²) in [6.07, 6.45) is 5.11. The first-order valence-electron chi connectivity index (χ1n) is 7.27. The topological polar surface area (TPSA) is 17.8 Å². The van der Waals surface area contributed by atoms with Gasteiger partial charge in [0.25, 0.3) is 0 Å². The molecule has 1 aromatic heterocycles. The minimum absolute atomic E-state index is 0.403. The molecule has 1 aromatic carbocycles. The van der Waals surface area contributed by atoms with Crippen LogP contribution >= 0.6 is 11.6 Å². The third-order valence-electron chi connectivity index (χ3n) is 4.02. The molecule has 3 heteroatoms. The van der Waals surface area contributed by atoms with E-state index in [1.165, 1.54) is 5.57 Å². The third kappa shape index (κ3) is 2.34. The first-order chi connectivity index (χ1) is 10.1. The molecule has 2 aromatic rings. The quantitative estimate of drug-likeness (QED) is 0.778. The molecule has 0 fully saturated rings. The first kappa shape index (κ1) is 14.2. The SMILES string of the molecule is CC=CC1=C(Cl)c2c(nn(C)c2-c2ccccc2)C[C@H]1C. The predicted molar refractivity (Wildman–Crippen MR) is 89.1 cm³/mol. The van der Waals surface area contributed by atoms with Gasteiger partial charge in [0.05, 0.1) is 16.4 Å². The van der Waals surface area contributed by atoms with Gasteiger partial charge in [-0.2, -0.15) is 5.10 Å². The molecule has 1 aliphatic carbocycles. The summed E-state index contributed by atoms with van der Waals surface area (Å²) < 4.78 is 1.95. The van der Waals surface area contributed by atoms with Crippen molar-refractivity contribution in [1.82, 2.24) is 9.78 Å². The highest BCUT2D eigenvalue weighted by molar-refractivity contribution is 6.50. The van der Waals surface area contributed by atoms with Gasteiger partial charge in [0, 0.05) is 18.2 Å². The van der Waals surface area contributed by atoms with Crippen molar-refractivity contribution in [2.24, 2.45) is 13.0 Å². The maximum absolute atomic E-state index is 6.73. The third-order valence-corrected chi connectivity index (χ3v) is 4.42. The van der Waals surface area contributed by atoms with Gasteiger partial charge in [-0.3, -0.25) is 4.68 Å². The van der Waals surface area contributed by atoms with E-state index in [0.717, 1.165) is 34.0 Å². The lowest BCUT2D eigenvalue weighted by Gasteiger charge is -2.21. The summed E-state index contributed by atoms with van der Waals surface area (Å²) >= 11 is 6.73. The standard InChI is InChI=1S/C18H19ClN2/c1-4-8-14-12(2)11-15-16(17(14)19)18(21(3)20-15)13-9-6-5-7-10-13/h4-10,12H,11H2,1-3H3/t12-/m1/s1. The lowest BCUT2D eigenvalue weighted by Crippen LogP contribution is -2.10. The van der Waals surface area contributed by atoms with E-state index in [1.54, 1.807) is 0 Å². The highest BCUT2D eigenvalue weighted by atomic mass is 35.5. The van der Waals surface area contributed by atoms with Gasteiger partial charge in [0.15, 0.2) is 0 Å². The Morgan fingerprint density at radius 3 is 2.67 bits per heavy atom. The smallest absolute Gasteiger partial charge is 0.0769 e. The van der Waals surface area contributed by atoms with Crippen molar-refractivity contribution in [2.45, 2.75) is 20.3 Å². The van der Waals surface area contributed by atoms with E-state index < -0.39 is 0 Å². The molecule has 0 radical (unpaired) electrons. The van der Waals surface area contributed by atoms with Crippen LogP contribution in [0.3, 0.4) is 0 Å². The van der Waals surface area contributed by atoms with Crippen LogP contribution in [0.5, 0.6) is 0 Å². The molecule has 0 bridgehead atoms. The predicted octanol–water partition coefficient (Wildman–Crippen LogP) is 4.81. The fourth-order valence-corrected chi connectivity index (χ4v) is 3.51. The monoisotopic (exact) mass is 298 g/mol. The molecule has 0 saturated heterocycles. The highest BCUT2D eigenvalue weighted by Gasteiger charge is 2.28. The second-order valence-corrected chi connectivity index (χ2v) is 5.91. The van der Waals surface area contributed by atoms with Crippen molar-refractivity contribution >= 4 is 16.6 Å². The van der Waals surface area contributed by atoms with Crippen molar-refractivity contribution in [1.29, 1.82) is 0 Å². The Morgan fingerprint density at radius 1 is 1.29 bits per heavy atom. The lowest BCUT2D eigenvalue weighted by atomic mass is 9.86. The summed E-state index contributed by atoms with van der Waals surface area (Å²) in [4.78, 5) is 0. The molecular weight excluding hydrogens is 280 g/mol. The number of aromatic nitrogens is 2. The van der Waals surface area contributed by atoms with E-state index in [4.69, 9.17) is 16.7 Å². The van der Waals surface area contributed by atoms with Crippen LogP contribution in [-0.2, 0) is 13.5 Å². The summed E-state index contributed by atoms with van der Waals surface area (Å²) in [5.74, 6) is 0.403. The van der Waals surface area contributed by atoms with Crippen LogP contribution in [-0.4, -0.2) is 9.78 Å². The molecule has 1 aliphatic rings. The molecule has 0 aliphatic heterocycles. The van der Waals surface area contributed by atoms with Gasteiger partial charge >= 0.3 is 0 Å². The van der Waals surface area contributed by atoms with Crippen LogP contribution in [0.4, 0.5) is 0 Å².